The van der Waals surface area contributed by atoms with E-state index in [0.29, 0.717) is 6.07 Å². The van der Waals surface area contributed by atoms with E-state index in [1.807, 2.05) is 0 Å². The molecule has 2 rings (SSSR count). The maximum absolute atomic E-state index is 13.5. The van der Waals surface area contributed by atoms with Crippen LogP contribution in [0.4, 0.5) is 13.2 Å². The molecule has 0 fully saturated rings. The molecular weight excluding hydrogens is 251 g/mol. The molecule has 0 aliphatic carbocycles. The Balaban J connectivity index is 3.08. The van der Waals surface area contributed by atoms with Crippen molar-refractivity contribution in [3.63, 3.8) is 0 Å². The molecule has 0 amide bonds. The summed E-state index contributed by atoms with van der Waals surface area (Å²) in [5.74, 6) is -6.30. The van der Waals surface area contributed by atoms with Crippen molar-refractivity contribution in [3.05, 3.63) is 45.5 Å². The number of carbonyl (C=O) groups is 1. The number of pyridine rings is 1. The molecule has 1 N–H and O–H groups in total. The highest BCUT2D eigenvalue weighted by molar-refractivity contribution is 5.92. The summed E-state index contributed by atoms with van der Waals surface area (Å²) >= 11 is 0. The third-order valence-electron chi connectivity index (χ3n) is 2.53. The lowest BCUT2D eigenvalue weighted by Crippen LogP contribution is -2.19. The van der Waals surface area contributed by atoms with Crippen LogP contribution in [0.15, 0.2) is 17.1 Å². The number of fused-ring (bicyclic) bond motifs is 1. The molecule has 0 aliphatic heterocycles. The van der Waals surface area contributed by atoms with E-state index in [-0.39, 0.29) is 0 Å². The Morgan fingerprint density at radius 3 is 2.44 bits per heavy atom. The average molecular weight is 257 g/mol. The molecule has 0 unspecified atom stereocenters. The van der Waals surface area contributed by atoms with E-state index in [9.17, 15) is 22.8 Å². The molecule has 0 bridgehead atoms. The van der Waals surface area contributed by atoms with Gasteiger partial charge >= 0.3 is 5.97 Å². The number of aromatic nitrogens is 1. The predicted molar refractivity (Wildman–Crippen MR) is 56.0 cm³/mol. The van der Waals surface area contributed by atoms with E-state index in [4.69, 9.17) is 5.11 Å². The molecule has 0 radical (unpaired) electrons. The Hall–Kier alpha value is -2.31. The summed E-state index contributed by atoms with van der Waals surface area (Å²) in [6, 6.07) is 0.489. The molecular formula is C11H6F3NO3. The van der Waals surface area contributed by atoms with Gasteiger partial charge in [-0.3, -0.25) is 4.79 Å². The lowest BCUT2D eigenvalue weighted by molar-refractivity contribution is 0.0695. The van der Waals surface area contributed by atoms with Gasteiger partial charge in [-0.05, 0) is 6.07 Å². The van der Waals surface area contributed by atoms with Gasteiger partial charge in [0, 0.05) is 13.2 Å². The molecule has 1 heterocycles. The van der Waals surface area contributed by atoms with Crippen molar-refractivity contribution < 1.29 is 23.1 Å². The number of nitrogens with zero attached hydrogens (tertiary/aromatic N) is 1. The first-order valence-electron chi connectivity index (χ1n) is 4.74. The van der Waals surface area contributed by atoms with Gasteiger partial charge in [-0.2, -0.15) is 0 Å². The summed E-state index contributed by atoms with van der Waals surface area (Å²) in [5.41, 5.74) is -2.19. The van der Waals surface area contributed by atoms with Gasteiger partial charge < -0.3 is 9.67 Å². The average Bonchev–Trinajstić information content (AvgIpc) is 2.29. The van der Waals surface area contributed by atoms with Gasteiger partial charge in [-0.25, -0.2) is 18.0 Å². The molecule has 2 aromatic rings. The number of hydrogen-bond acceptors (Lipinski definition) is 2. The zero-order chi connectivity index (χ0) is 13.6. The zero-order valence-corrected chi connectivity index (χ0v) is 9.00. The highest BCUT2D eigenvalue weighted by Gasteiger charge is 2.20. The van der Waals surface area contributed by atoms with Gasteiger partial charge in [0.2, 0.25) is 5.43 Å². The molecule has 0 atom stereocenters. The molecule has 0 saturated heterocycles. The fourth-order valence-corrected chi connectivity index (χ4v) is 1.72. The van der Waals surface area contributed by atoms with Crippen molar-refractivity contribution in [2.75, 3.05) is 0 Å². The van der Waals surface area contributed by atoms with E-state index in [2.05, 4.69) is 0 Å². The second kappa shape index (κ2) is 3.86. The van der Waals surface area contributed by atoms with Gasteiger partial charge in [-0.1, -0.05) is 0 Å². The molecule has 18 heavy (non-hydrogen) atoms. The molecule has 0 saturated carbocycles. The van der Waals surface area contributed by atoms with Crippen LogP contribution in [-0.4, -0.2) is 15.6 Å². The first-order valence-corrected chi connectivity index (χ1v) is 4.74. The number of carboxylic acids is 1. The molecule has 0 aliphatic rings. The number of rotatable bonds is 1. The summed E-state index contributed by atoms with van der Waals surface area (Å²) in [7, 11) is 1.23. The van der Waals surface area contributed by atoms with Gasteiger partial charge in [0.15, 0.2) is 17.5 Å². The van der Waals surface area contributed by atoms with Crippen LogP contribution in [0.3, 0.4) is 0 Å². The van der Waals surface area contributed by atoms with Crippen molar-refractivity contribution in [2.24, 2.45) is 7.05 Å². The number of aryl methyl sites for hydroxylation is 1. The topological polar surface area (TPSA) is 59.3 Å². The normalized spacial score (nSPS) is 10.9. The van der Waals surface area contributed by atoms with Gasteiger partial charge in [-0.15, -0.1) is 0 Å². The van der Waals surface area contributed by atoms with E-state index in [1.54, 1.807) is 0 Å². The van der Waals surface area contributed by atoms with Gasteiger partial charge in [0.25, 0.3) is 0 Å². The van der Waals surface area contributed by atoms with Crippen molar-refractivity contribution in [1.29, 1.82) is 0 Å². The predicted octanol–water partition coefficient (Wildman–Crippen LogP) is 1.65. The van der Waals surface area contributed by atoms with Crippen LogP contribution in [0.1, 0.15) is 10.4 Å². The lowest BCUT2D eigenvalue weighted by atomic mass is 10.1. The minimum Gasteiger partial charge on any atom is -0.477 e. The SMILES string of the molecule is Cn1cc(C(=O)O)c(=O)c2cc(F)c(F)c(F)c21. The summed E-state index contributed by atoms with van der Waals surface area (Å²) in [4.78, 5) is 22.5. The van der Waals surface area contributed by atoms with Crippen molar-refractivity contribution >= 4 is 16.9 Å². The number of carboxylic acid groups (broad SMARTS) is 1. The fourth-order valence-electron chi connectivity index (χ4n) is 1.72. The van der Waals surface area contributed by atoms with E-state index in [0.717, 1.165) is 10.8 Å². The summed E-state index contributed by atoms with van der Waals surface area (Å²) in [6.45, 7) is 0. The van der Waals surface area contributed by atoms with Crippen LogP contribution >= 0.6 is 0 Å². The van der Waals surface area contributed by atoms with Gasteiger partial charge in [0.1, 0.15) is 5.56 Å². The molecule has 1 aromatic carbocycles. The number of halogens is 3. The highest BCUT2D eigenvalue weighted by Crippen LogP contribution is 2.20. The van der Waals surface area contributed by atoms with Crippen LogP contribution in [0.5, 0.6) is 0 Å². The third kappa shape index (κ3) is 1.55. The second-order valence-corrected chi connectivity index (χ2v) is 3.67. The molecule has 1 aromatic heterocycles. The third-order valence-corrected chi connectivity index (χ3v) is 2.53. The summed E-state index contributed by atoms with van der Waals surface area (Å²) in [5, 5.41) is 8.25. The standard InChI is InChI=1S/C11H6F3NO3/c1-15-3-5(11(17)18)10(16)4-2-6(12)7(13)8(14)9(4)15/h2-3H,1H3,(H,17,18). The van der Waals surface area contributed by atoms with Crippen LogP contribution in [0.25, 0.3) is 10.9 Å². The van der Waals surface area contributed by atoms with Crippen molar-refractivity contribution in [3.8, 4) is 0 Å². The minimum atomic E-state index is -1.71. The van der Waals surface area contributed by atoms with Crippen LogP contribution in [0.2, 0.25) is 0 Å². The first-order chi connectivity index (χ1) is 8.34. The van der Waals surface area contributed by atoms with Crippen molar-refractivity contribution in [1.82, 2.24) is 4.57 Å². The summed E-state index contributed by atoms with van der Waals surface area (Å²) < 4.78 is 40.5. The highest BCUT2D eigenvalue weighted by atomic mass is 19.2. The Bertz CT molecular complexity index is 737. The Labute approximate surface area is 97.9 Å². The van der Waals surface area contributed by atoms with Crippen LogP contribution < -0.4 is 5.43 Å². The van der Waals surface area contributed by atoms with Crippen LogP contribution in [-0.2, 0) is 7.05 Å². The maximum atomic E-state index is 13.5. The number of benzene rings is 1. The first kappa shape index (κ1) is 12.2. The quantitative estimate of drug-likeness (QED) is 0.790. The lowest BCUT2D eigenvalue weighted by Gasteiger charge is -2.08. The van der Waals surface area contributed by atoms with Crippen molar-refractivity contribution in [2.45, 2.75) is 0 Å². The van der Waals surface area contributed by atoms with Gasteiger partial charge in [0.05, 0.1) is 10.9 Å². The van der Waals surface area contributed by atoms with E-state index < -0.39 is 45.3 Å². The van der Waals surface area contributed by atoms with E-state index >= 15 is 0 Å². The second-order valence-electron chi connectivity index (χ2n) is 3.67. The minimum absolute atomic E-state index is 0.482. The zero-order valence-electron chi connectivity index (χ0n) is 9.00. The molecule has 4 nitrogen and oxygen atoms in total. The van der Waals surface area contributed by atoms with E-state index in [1.165, 1.54) is 7.05 Å². The summed E-state index contributed by atoms with van der Waals surface area (Å²) in [6.07, 6.45) is 0.855. The Morgan fingerprint density at radius 1 is 1.28 bits per heavy atom. The fraction of sp³-hybridized carbons (Fsp3) is 0.0909. The number of aromatic carboxylic acids is 1. The smallest absolute Gasteiger partial charge is 0.341 e. The monoisotopic (exact) mass is 257 g/mol. The largest absolute Gasteiger partial charge is 0.477 e. The van der Waals surface area contributed by atoms with Crippen LogP contribution in [0, 0.1) is 17.5 Å². The molecule has 0 spiro atoms. The molecule has 94 valence electrons. The maximum Gasteiger partial charge on any atom is 0.341 e. The Morgan fingerprint density at radius 2 is 1.89 bits per heavy atom. The Kier molecular flexibility index (Phi) is 2.61. The number of hydrogen-bond donors (Lipinski definition) is 1. The molecule has 7 heteroatoms.